The first kappa shape index (κ1) is 20.1. The van der Waals surface area contributed by atoms with Gasteiger partial charge in [0, 0.05) is 37.0 Å². The molecule has 0 bridgehead atoms. The Hall–Kier alpha value is -3.80. The smallest absolute Gasteiger partial charge is 0.227 e. The van der Waals surface area contributed by atoms with Crippen molar-refractivity contribution in [2.24, 2.45) is 0 Å². The first-order chi connectivity index (χ1) is 15.8. The second kappa shape index (κ2) is 9.14. The summed E-state index contributed by atoms with van der Waals surface area (Å²) in [6.07, 6.45) is 5.85. The maximum absolute atomic E-state index is 13.0. The van der Waals surface area contributed by atoms with Crippen LogP contribution in [0, 0.1) is 0 Å². The fourth-order valence-electron chi connectivity index (χ4n) is 4.25. The molecule has 6 nitrogen and oxygen atoms in total. The van der Waals surface area contributed by atoms with E-state index in [1.165, 1.54) is 5.56 Å². The molecule has 0 spiro atoms. The predicted molar refractivity (Wildman–Crippen MR) is 124 cm³/mol. The Morgan fingerprint density at radius 3 is 2.47 bits per heavy atom. The molecule has 5 rings (SSSR count). The molecule has 1 amide bonds. The molecule has 1 aliphatic rings. The van der Waals surface area contributed by atoms with Gasteiger partial charge in [0.05, 0.1) is 6.42 Å². The lowest BCUT2D eigenvalue weighted by Crippen LogP contribution is -2.40. The molecule has 1 unspecified atom stereocenters. The van der Waals surface area contributed by atoms with Crippen LogP contribution in [0.25, 0.3) is 22.5 Å². The Bertz CT molecular complexity index is 1170. The molecule has 1 N–H and O–H groups in total. The number of amides is 1. The van der Waals surface area contributed by atoms with Crippen molar-refractivity contribution < 1.29 is 4.79 Å². The molecule has 4 aromatic rings. The van der Waals surface area contributed by atoms with E-state index >= 15 is 0 Å². The Morgan fingerprint density at radius 1 is 0.938 bits per heavy atom. The molecule has 1 atom stereocenters. The number of carbonyl (C=O) groups is 1. The Kier molecular flexibility index (Phi) is 5.75. The molecule has 1 fully saturated rings. The summed E-state index contributed by atoms with van der Waals surface area (Å²) >= 11 is 0. The fraction of sp³-hybridized carbons (Fsp3) is 0.231. The van der Waals surface area contributed by atoms with Crippen molar-refractivity contribution >= 4 is 5.91 Å². The zero-order chi connectivity index (χ0) is 21.8. The van der Waals surface area contributed by atoms with Crippen molar-refractivity contribution in [2.45, 2.75) is 25.2 Å². The monoisotopic (exact) mass is 423 g/mol. The van der Waals surface area contributed by atoms with Gasteiger partial charge in [0.2, 0.25) is 5.91 Å². The summed E-state index contributed by atoms with van der Waals surface area (Å²) < 4.78 is 0. The number of benzene rings is 2. The van der Waals surface area contributed by atoms with E-state index in [0.29, 0.717) is 18.8 Å². The maximum atomic E-state index is 13.0. The number of nitrogens with one attached hydrogen (secondary N) is 1. The number of aromatic nitrogens is 4. The average Bonchev–Trinajstić information content (AvgIpc) is 3.36. The van der Waals surface area contributed by atoms with Crippen LogP contribution in [0.1, 0.15) is 30.1 Å². The van der Waals surface area contributed by atoms with Crippen molar-refractivity contribution in [3.8, 4) is 22.5 Å². The third-order valence-electron chi connectivity index (χ3n) is 6.02. The van der Waals surface area contributed by atoms with E-state index in [9.17, 15) is 4.79 Å². The van der Waals surface area contributed by atoms with E-state index in [-0.39, 0.29) is 11.8 Å². The topological polar surface area (TPSA) is 74.8 Å². The van der Waals surface area contributed by atoms with Crippen LogP contribution in [0.5, 0.6) is 0 Å². The van der Waals surface area contributed by atoms with Gasteiger partial charge < -0.3 is 4.90 Å². The summed E-state index contributed by atoms with van der Waals surface area (Å²) in [6, 6.07) is 22.4. The average molecular weight is 424 g/mol. The minimum atomic E-state index is 0.163. The SMILES string of the molecule is O=C(Cc1ccc(-c2ccccc2)cc1)N1CCCC(c2nc(-c3ccncc3)n[nH]2)C1. The van der Waals surface area contributed by atoms with Crippen molar-refractivity contribution in [3.05, 3.63) is 90.5 Å². The van der Waals surface area contributed by atoms with Crippen LogP contribution in [0.3, 0.4) is 0 Å². The number of rotatable bonds is 5. The summed E-state index contributed by atoms with van der Waals surface area (Å²) in [5.41, 5.74) is 4.32. The minimum Gasteiger partial charge on any atom is -0.342 e. The molecular weight excluding hydrogens is 398 g/mol. The van der Waals surface area contributed by atoms with Crippen LogP contribution >= 0.6 is 0 Å². The first-order valence-corrected chi connectivity index (χ1v) is 11.0. The maximum Gasteiger partial charge on any atom is 0.227 e. The Labute approximate surface area is 187 Å². The van der Waals surface area contributed by atoms with Crippen molar-refractivity contribution in [3.63, 3.8) is 0 Å². The first-order valence-electron chi connectivity index (χ1n) is 11.0. The molecule has 1 aliphatic heterocycles. The number of carbonyl (C=O) groups excluding carboxylic acids is 1. The van der Waals surface area contributed by atoms with Gasteiger partial charge in [-0.25, -0.2) is 4.98 Å². The van der Waals surface area contributed by atoms with Crippen LogP contribution in [0.4, 0.5) is 0 Å². The molecule has 2 aromatic heterocycles. The number of hydrogen-bond donors (Lipinski definition) is 1. The summed E-state index contributed by atoms with van der Waals surface area (Å²) in [5.74, 6) is 1.86. The van der Waals surface area contributed by atoms with E-state index < -0.39 is 0 Å². The highest BCUT2D eigenvalue weighted by Gasteiger charge is 2.27. The van der Waals surface area contributed by atoms with Gasteiger partial charge in [-0.1, -0.05) is 54.6 Å². The van der Waals surface area contributed by atoms with Gasteiger partial charge in [0.15, 0.2) is 5.82 Å². The highest BCUT2D eigenvalue weighted by atomic mass is 16.2. The standard InChI is InChI=1S/C26H25N5O/c32-24(17-19-8-10-21(11-9-19)20-5-2-1-3-6-20)31-16-4-7-23(18-31)26-28-25(29-30-26)22-12-14-27-15-13-22/h1-3,5-6,8-15,23H,4,7,16-18H2,(H,28,29,30). The van der Waals surface area contributed by atoms with Crippen molar-refractivity contribution in [1.82, 2.24) is 25.1 Å². The molecule has 160 valence electrons. The van der Waals surface area contributed by atoms with Crippen LogP contribution in [-0.2, 0) is 11.2 Å². The molecule has 2 aromatic carbocycles. The highest BCUT2D eigenvalue weighted by molar-refractivity contribution is 5.79. The van der Waals surface area contributed by atoms with Gasteiger partial charge in [0.1, 0.15) is 5.82 Å². The summed E-state index contributed by atoms with van der Waals surface area (Å²) in [5, 5.41) is 7.45. The largest absolute Gasteiger partial charge is 0.342 e. The normalized spacial score (nSPS) is 16.1. The number of hydrogen-bond acceptors (Lipinski definition) is 4. The van der Waals surface area contributed by atoms with E-state index in [2.05, 4.69) is 56.6 Å². The summed E-state index contributed by atoms with van der Waals surface area (Å²) in [7, 11) is 0. The lowest BCUT2D eigenvalue weighted by Gasteiger charge is -2.31. The fourth-order valence-corrected chi connectivity index (χ4v) is 4.25. The van der Waals surface area contributed by atoms with Gasteiger partial charge in [-0.3, -0.25) is 14.9 Å². The molecule has 0 radical (unpaired) electrons. The van der Waals surface area contributed by atoms with Gasteiger partial charge in [-0.05, 0) is 41.7 Å². The van der Waals surface area contributed by atoms with Crippen LogP contribution in [0.2, 0.25) is 0 Å². The third kappa shape index (κ3) is 4.44. The zero-order valence-electron chi connectivity index (χ0n) is 17.8. The highest BCUT2D eigenvalue weighted by Crippen LogP contribution is 2.27. The Morgan fingerprint density at radius 2 is 1.69 bits per heavy atom. The molecule has 0 saturated carbocycles. The molecule has 3 heterocycles. The summed E-state index contributed by atoms with van der Waals surface area (Å²) in [4.78, 5) is 23.7. The van der Waals surface area contributed by atoms with E-state index in [4.69, 9.17) is 0 Å². The van der Waals surface area contributed by atoms with Gasteiger partial charge in [-0.2, -0.15) is 5.10 Å². The number of H-pyrrole nitrogens is 1. The number of nitrogens with zero attached hydrogens (tertiary/aromatic N) is 4. The van der Waals surface area contributed by atoms with Crippen LogP contribution in [0.15, 0.2) is 79.1 Å². The summed E-state index contributed by atoms with van der Waals surface area (Å²) in [6.45, 7) is 1.47. The molecule has 1 saturated heterocycles. The molecule has 0 aliphatic carbocycles. The van der Waals surface area contributed by atoms with Crippen LogP contribution in [-0.4, -0.2) is 44.1 Å². The van der Waals surface area contributed by atoms with Gasteiger partial charge >= 0.3 is 0 Å². The lowest BCUT2D eigenvalue weighted by molar-refractivity contribution is -0.131. The lowest BCUT2D eigenvalue weighted by atomic mass is 9.96. The minimum absolute atomic E-state index is 0.163. The van der Waals surface area contributed by atoms with Crippen molar-refractivity contribution in [1.29, 1.82) is 0 Å². The second-order valence-electron chi connectivity index (χ2n) is 8.20. The predicted octanol–water partition coefficient (Wildman–Crippen LogP) is 4.48. The Balaban J connectivity index is 1.23. The second-order valence-corrected chi connectivity index (χ2v) is 8.20. The zero-order valence-corrected chi connectivity index (χ0v) is 17.8. The number of piperidine rings is 1. The van der Waals surface area contributed by atoms with Crippen LogP contribution < -0.4 is 0 Å². The third-order valence-corrected chi connectivity index (χ3v) is 6.02. The van der Waals surface area contributed by atoms with Gasteiger partial charge in [-0.15, -0.1) is 0 Å². The number of aromatic amines is 1. The molecular formula is C26H25N5O. The van der Waals surface area contributed by atoms with Crippen molar-refractivity contribution in [2.75, 3.05) is 13.1 Å². The molecule has 6 heteroatoms. The quantitative estimate of drug-likeness (QED) is 0.513. The van der Waals surface area contributed by atoms with Gasteiger partial charge in [0.25, 0.3) is 0 Å². The number of likely N-dealkylation sites (tertiary alicyclic amines) is 1. The van der Waals surface area contributed by atoms with E-state index in [0.717, 1.165) is 41.9 Å². The van der Waals surface area contributed by atoms with E-state index in [1.54, 1.807) is 12.4 Å². The number of pyridine rings is 1. The van der Waals surface area contributed by atoms with E-state index in [1.807, 2.05) is 35.2 Å². The molecule has 32 heavy (non-hydrogen) atoms.